The van der Waals surface area contributed by atoms with Crippen LogP contribution < -0.4 is 10.0 Å². The highest BCUT2D eigenvalue weighted by molar-refractivity contribution is 7.68. The quantitative estimate of drug-likeness (QED) is 0.781. The molecule has 4 heterocycles. The van der Waals surface area contributed by atoms with E-state index < -0.39 is 19.5 Å². The van der Waals surface area contributed by atoms with Gasteiger partial charge in [0, 0.05) is 18.1 Å². The summed E-state index contributed by atoms with van der Waals surface area (Å²) in [6.07, 6.45) is 1.49. The maximum absolute atomic E-state index is 6.47. The molecule has 4 saturated heterocycles. The smallest absolute Gasteiger partial charge is 0.173 e. The van der Waals surface area contributed by atoms with Gasteiger partial charge in [-0.25, -0.2) is 0 Å². The second kappa shape index (κ2) is 4.24. The van der Waals surface area contributed by atoms with Crippen LogP contribution in [0.3, 0.4) is 0 Å². The van der Waals surface area contributed by atoms with Crippen LogP contribution >= 0.6 is 7.92 Å². The van der Waals surface area contributed by atoms with Gasteiger partial charge in [0.05, 0.1) is 17.8 Å². The number of hydrogen-bond donors (Lipinski definition) is 0. The first-order valence-electron chi connectivity index (χ1n) is 7.75. The average molecular weight is 322 g/mol. The van der Waals surface area contributed by atoms with Crippen LogP contribution in [-0.4, -0.2) is 29.4 Å². The molecule has 4 atom stereocenters. The largest absolute Gasteiger partial charge is 0.496 e. The van der Waals surface area contributed by atoms with E-state index in [1.165, 1.54) is 5.30 Å². The van der Waals surface area contributed by atoms with Gasteiger partial charge in [0.2, 0.25) is 0 Å². The standard InChI is InChI=1S/C17H23O4P/c1-14-10-16(3)21-15(2,19-14)11-17(4,20-14)22(16)13-9-7-6-8-12(13)18-5/h6-9H,10-11H2,1-5H3/t14-,15-,16+,17+/m0/s1. The molecule has 4 aliphatic rings. The van der Waals surface area contributed by atoms with E-state index in [0.29, 0.717) is 0 Å². The number of rotatable bonds is 2. The first-order valence-corrected chi connectivity index (χ1v) is 9.09. The van der Waals surface area contributed by atoms with Gasteiger partial charge in [0.25, 0.3) is 0 Å². The predicted molar refractivity (Wildman–Crippen MR) is 85.7 cm³/mol. The van der Waals surface area contributed by atoms with Crippen molar-refractivity contribution < 1.29 is 18.9 Å². The highest BCUT2D eigenvalue weighted by Gasteiger charge is 2.71. The monoisotopic (exact) mass is 322 g/mol. The average Bonchev–Trinajstić information content (AvgIpc) is 2.33. The minimum atomic E-state index is -0.705. The van der Waals surface area contributed by atoms with Gasteiger partial charge in [-0.05, 0) is 41.7 Å². The molecule has 0 spiro atoms. The molecule has 0 aromatic heterocycles. The summed E-state index contributed by atoms with van der Waals surface area (Å²) in [6, 6.07) is 8.25. The Bertz CT molecular complexity index is 587. The third-order valence-electron chi connectivity index (χ3n) is 4.87. The molecule has 0 aliphatic carbocycles. The molecule has 1 aromatic carbocycles. The fourth-order valence-electron chi connectivity index (χ4n) is 4.91. The molecular formula is C17H23O4P. The maximum atomic E-state index is 6.47. The van der Waals surface area contributed by atoms with Crippen molar-refractivity contribution in [2.45, 2.75) is 62.8 Å². The van der Waals surface area contributed by atoms with Crippen LogP contribution in [-0.2, 0) is 14.2 Å². The molecule has 4 fully saturated rings. The summed E-state index contributed by atoms with van der Waals surface area (Å²) in [4.78, 5) is 0. The van der Waals surface area contributed by atoms with Crippen molar-refractivity contribution in [3.05, 3.63) is 24.3 Å². The summed E-state index contributed by atoms with van der Waals surface area (Å²) >= 11 is 0. The van der Waals surface area contributed by atoms with Crippen LogP contribution in [0.4, 0.5) is 0 Å². The number of methoxy groups -OCH3 is 1. The van der Waals surface area contributed by atoms with E-state index in [1.54, 1.807) is 7.11 Å². The molecule has 5 heteroatoms. The molecule has 0 saturated carbocycles. The lowest BCUT2D eigenvalue weighted by atomic mass is 9.98. The van der Waals surface area contributed by atoms with Crippen LogP contribution in [0, 0.1) is 0 Å². The van der Waals surface area contributed by atoms with Crippen LogP contribution in [0.1, 0.15) is 40.5 Å². The molecule has 0 amide bonds. The zero-order valence-electron chi connectivity index (χ0n) is 13.8. The van der Waals surface area contributed by atoms with Crippen molar-refractivity contribution in [3.63, 3.8) is 0 Å². The lowest BCUT2D eigenvalue weighted by molar-refractivity contribution is -0.467. The van der Waals surface area contributed by atoms with Gasteiger partial charge < -0.3 is 18.9 Å². The summed E-state index contributed by atoms with van der Waals surface area (Å²) in [5.41, 5.74) is 0. The zero-order valence-corrected chi connectivity index (χ0v) is 14.7. The second-order valence-electron chi connectivity index (χ2n) is 7.28. The van der Waals surface area contributed by atoms with Crippen molar-refractivity contribution in [1.82, 2.24) is 0 Å². The Balaban J connectivity index is 1.88. The van der Waals surface area contributed by atoms with Crippen LogP contribution in [0.2, 0.25) is 0 Å². The lowest BCUT2D eigenvalue weighted by Crippen LogP contribution is -2.72. The number of hydrogen-bond acceptors (Lipinski definition) is 4. The first kappa shape index (κ1) is 14.9. The minimum absolute atomic E-state index is 0.267. The minimum Gasteiger partial charge on any atom is -0.496 e. The molecule has 0 N–H and O–H groups in total. The second-order valence-corrected chi connectivity index (χ2v) is 10.3. The van der Waals surface area contributed by atoms with Gasteiger partial charge in [-0.1, -0.05) is 18.2 Å². The molecule has 4 bridgehead atoms. The van der Waals surface area contributed by atoms with E-state index in [2.05, 4.69) is 26.0 Å². The normalized spacial score (nSPS) is 49.4. The van der Waals surface area contributed by atoms with Gasteiger partial charge in [0.15, 0.2) is 11.6 Å². The summed E-state index contributed by atoms with van der Waals surface area (Å²) in [6.45, 7) is 8.50. The number of benzene rings is 1. The Morgan fingerprint density at radius 3 is 2.00 bits per heavy atom. The number of para-hydroxylation sites is 1. The lowest BCUT2D eigenvalue weighted by Gasteiger charge is -2.69. The molecule has 4 aliphatic heterocycles. The number of ether oxygens (including phenoxy) is 4. The van der Waals surface area contributed by atoms with Crippen LogP contribution in [0.5, 0.6) is 5.75 Å². The van der Waals surface area contributed by atoms with E-state index in [-0.39, 0.29) is 10.7 Å². The van der Waals surface area contributed by atoms with Gasteiger partial charge in [-0.15, -0.1) is 0 Å². The molecule has 120 valence electrons. The van der Waals surface area contributed by atoms with Crippen molar-refractivity contribution in [1.29, 1.82) is 0 Å². The topological polar surface area (TPSA) is 36.9 Å². The van der Waals surface area contributed by atoms with Gasteiger partial charge in [-0.3, -0.25) is 0 Å². The summed E-state index contributed by atoms with van der Waals surface area (Å²) < 4.78 is 24.7. The Labute approximate surface area is 132 Å². The third kappa shape index (κ3) is 1.91. The summed E-state index contributed by atoms with van der Waals surface area (Å²) in [5.74, 6) is -0.197. The van der Waals surface area contributed by atoms with Gasteiger partial charge >= 0.3 is 0 Å². The Hall–Kier alpha value is -0.670. The fourth-order valence-corrected chi connectivity index (χ4v) is 9.01. The first-order chi connectivity index (χ1) is 10.2. The molecule has 0 radical (unpaired) electrons. The van der Waals surface area contributed by atoms with Gasteiger partial charge in [0.1, 0.15) is 5.75 Å². The maximum Gasteiger partial charge on any atom is 0.173 e. The van der Waals surface area contributed by atoms with Crippen molar-refractivity contribution in [3.8, 4) is 5.75 Å². The summed E-state index contributed by atoms with van der Waals surface area (Å²) in [7, 11) is 1.02. The highest BCUT2D eigenvalue weighted by Crippen LogP contribution is 2.76. The van der Waals surface area contributed by atoms with Crippen molar-refractivity contribution in [2.24, 2.45) is 0 Å². The molecular weight excluding hydrogens is 299 g/mol. The highest BCUT2D eigenvalue weighted by atomic mass is 31.1. The SMILES string of the molecule is COc1ccccc1P1[C@]2(C)C[C@@]3(C)O[C@](C)(C[C@]1(C)O3)O2. The molecule has 5 rings (SSSR count). The molecule has 1 aromatic rings. The van der Waals surface area contributed by atoms with Crippen LogP contribution in [0.25, 0.3) is 0 Å². The molecule has 22 heavy (non-hydrogen) atoms. The Morgan fingerprint density at radius 1 is 0.909 bits per heavy atom. The van der Waals surface area contributed by atoms with Gasteiger partial charge in [-0.2, -0.15) is 0 Å². The van der Waals surface area contributed by atoms with Crippen molar-refractivity contribution in [2.75, 3.05) is 7.11 Å². The van der Waals surface area contributed by atoms with E-state index >= 15 is 0 Å². The fraction of sp³-hybridized carbons (Fsp3) is 0.647. The van der Waals surface area contributed by atoms with Crippen LogP contribution in [0.15, 0.2) is 24.3 Å². The zero-order chi connectivity index (χ0) is 15.8. The van der Waals surface area contributed by atoms with E-state index in [9.17, 15) is 0 Å². The van der Waals surface area contributed by atoms with E-state index in [1.807, 2.05) is 26.0 Å². The third-order valence-corrected chi connectivity index (χ3v) is 8.12. The van der Waals surface area contributed by atoms with E-state index in [0.717, 1.165) is 18.6 Å². The van der Waals surface area contributed by atoms with E-state index in [4.69, 9.17) is 18.9 Å². The molecule has 4 nitrogen and oxygen atoms in total. The Morgan fingerprint density at radius 2 is 1.45 bits per heavy atom. The Kier molecular flexibility index (Phi) is 2.87. The summed E-state index contributed by atoms with van der Waals surface area (Å²) in [5, 5.41) is 0.685. The van der Waals surface area contributed by atoms with Crippen molar-refractivity contribution >= 4 is 13.2 Å². The molecule has 0 unspecified atom stereocenters. The predicted octanol–water partition coefficient (Wildman–Crippen LogP) is 3.54.